The summed E-state index contributed by atoms with van der Waals surface area (Å²) in [4.78, 5) is 12.2. The summed E-state index contributed by atoms with van der Waals surface area (Å²) in [6, 6.07) is 7.75. The number of amides is 1. The molecule has 0 aromatic heterocycles. The predicted molar refractivity (Wildman–Crippen MR) is 91.2 cm³/mol. The average Bonchev–Trinajstić information content (AvgIpc) is 2.93. The number of benzene rings is 1. The zero-order valence-electron chi connectivity index (χ0n) is 13.9. The molecule has 1 saturated carbocycles. The Morgan fingerprint density at radius 2 is 2.00 bits per heavy atom. The van der Waals surface area contributed by atoms with Crippen LogP contribution in [0, 0.1) is 0 Å². The van der Waals surface area contributed by atoms with Crippen molar-refractivity contribution < 1.29 is 17.9 Å². The standard InChI is InChI=1S/C17H24N2O4S/c1-24(21,22)18-11-8-16(20)19-14-12-17(9-4-5-10-17)23-15-7-3-2-6-13(14)15/h2-3,6-7,14,18H,4-5,8-12H2,1H3,(H,19,20). The van der Waals surface area contributed by atoms with Gasteiger partial charge in [-0.25, -0.2) is 13.1 Å². The largest absolute Gasteiger partial charge is 0.487 e. The number of carbonyl (C=O) groups excluding carboxylic acids is 1. The molecule has 6 nitrogen and oxygen atoms in total. The number of sulfonamides is 1. The molecule has 1 aromatic carbocycles. The minimum absolute atomic E-state index is 0.0845. The first kappa shape index (κ1) is 17.2. The molecule has 1 spiro atoms. The maximum absolute atomic E-state index is 12.2. The number of fused-ring (bicyclic) bond motifs is 1. The maximum Gasteiger partial charge on any atom is 0.221 e. The van der Waals surface area contributed by atoms with Crippen LogP contribution in [0.2, 0.25) is 0 Å². The maximum atomic E-state index is 12.2. The van der Waals surface area contributed by atoms with Gasteiger partial charge in [-0.1, -0.05) is 18.2 Å². The number of rotatable bonds is 5. The van der Waals surface area contributed by atoms with Crippen LogP contribution >= 0.6 is 0 Å². The van der Waals surface area contributed by atoms with Crippen LogP contribution < -0.4 is 14.8 Å². The van der Waals surface area contributed by atoms with Gasteiger partial charge < -0.3 is 10.1 Å². The van der Waals surface area contributed by atoms with Crippen molar-refractivity contribution in [3.63, 3.8) is 0 Å². The monoisotopic (exact) mass is 352 g/mol. The fourth-order valence-electron chi connectivity index (χ4n) is 3.69. The quantitative estimate of drug-likeness (QED) is 0.847. The molecule has 1 fully saturated rings. The lowest BCUT2D eigenvalue weighted by atomic mass is 9.86. The summed E-state index contributed by atoms with van der Waals surface area (Å²) in [6.45, 7) is 0.112. The highest BCUT2D eigenvalue weighted by molar-refractivity contribution is 7.88. The Hall–Kier alpha value is -1.60. The molecule has 0 radical (unpaired) electrons. The zero-order valence-corrected chi connectivity index (χ0v) is 14.7. The first-order chi connectivity index (χ1) is 11.4. The van der Waals surface area contributed by atoms with Crippen LogP contribution in [0.25, 0.3) is 0 Å². The van der Waals surface area contributed by atoms with E-state index in [1.54, 1.807) is 0 Å². The Balaban J connectivity index is 1.68. The van der Waals surface area contributed by atoms with Crippen LogP contribution in [0.5, 0.6) is 5.75 Å². The van der Waals surface area contributed by atoms with Gasteiger partial charge in [-0.05, 0) is 31.7 Å². The highest BCUT2D eigenvalue weighted by atomic mass is 32.2. The fraction of sp³-hybridized carbons (Fsp3) is 0.588. The Morgan fingerprint density at radius 1 is 1.29 bits per heavy atom. The second-order valence-corrected chi connectivity index (χ2v) is 8.60. The lowest BCUT2D eigenvalue weighted by molar-refractivity contribution is -0.122. The van der Waals surface area contributed by atoms with E-state index >= 15 is 0 Å². The molecule has 1 amide bonds. The van der Waals surface area contributed by atoms with Crippen molar-refractivity contribution in [1.82, 2.24) is 10.0 Å². The Bertz CT molecular complexity index is 711. The molecule has 132 valence electrons. The van der Waals surface area contributed by atoms with E-state index in [4.69, 9.17) is 4.74 Å². The topological polar surface area (TPSA) is 84.5 Å². The Kier molecular flexibility index (Phi) is 4.83. The van der Waals surface area contributed by atoms with E-state index in [-0.39, 0.29) is 30.5 Å². The average molecular weight is 352 g/mol. The van der Waals surface area contributed by atoms with E-state index in [2.05, 4.69) is 10.0 Å². The molecule has 1 aliphatic carbocycles. The lowest BCUT2D eigenvalue weighted by Gasteiger charge is -2.40. The first-order valence-electron chi connectivity index (χ1n) is 8.39. The summed E-state index contributed by atoms with van der Waals surface area (Å²) in [5.74, 6) is 0.700. The SMILES string of the molecule is CS(=O)(=O)NCCC(=O)NC1CC2(CCCC2)Oc2ccccc21. The van der Waals surface area contributed by atoms with Gasteiger partial charge in [0.1, 0.15) is 11.4 Å². The molecule has 2 aliphatic rings. The molecule has 3 rings (SSSR count). The van der Waals surface area contributed by atoms with E-state index < -0.39 is 10.0 Å². The molecule has 24 heavy (non-hydrogen) atoms. The minimum atomic E-state index is -3.27. The molecule has 0 bridgehead atoms. The fourth-order valence-corrected chi connectivity index (χ4v) is 4.16. The normalized spacial score (nSPS) is 22.0. The Labute approximate surface area is 143 Å². The van der Waals surface area contributed by atoms with Gasteiger partial charge in [0.05, 0.1) is 12.3 Å². The molecule has 1 aliphatic heterocycles. The molecule has 1 aromatic rings. The molecule has 0 saturated heterocycles. The van der Waals surface area contributed by atoms with E-state index in [0.717, 1.165) is 49.7 Å². The summed E-state index contributed by atoms with van der Waals surface area (Å²) in [7, 11) is -3.27. The van der Waals surface area contributed by atoms with Crippen molar-refractivity contribution in [2.24, 2.45) is 0 Å². The summed E-state index contributed by atoms with van der Waals surface area (Å²) in [5.41, 5.74) is 0.830. The van der Waals surface area contributed by atoms with E-state index in [0.29, 0.717) is 0 Å². The van der Waals surface area contributed by atoms with Crippen molar-refractivity contribution in [2.75, 3.05) is 12.8 Å². The van der Waals surface area contributed by atoms with Gasteiger partial charge in [-0.15, -0.1) is 0 Å². The predicted octanol–water partition coefficient (Wildman–Crippen LogP) is 1.88. The molecule has 1 unspecified atom stereocenters. The van der Waals surface area contributed by atoms with Crippen molar-refractivity contribution in [3.8, 4) is 5.75 Å². The zero-order chi connectivity index (χ0) is 17.2. The number of hydrogen-bond acceptors (Lipinski definition) is 4. The number of carbonyl (C=O) groups is 1. The molecule has 7 heteroatoms. The summed E-state index contributed by atoms with van der Waals surface area (Å²) < 4.78 is 30.8. The molecule has 1 atom stereocenters. The van der Waals surface area contributed by atoms with Crippen LogP contribution in [-0.4, -0.2) is 32.7 Å². The summed E-state index contributed by atoms with van der Waals surface area (Å²) in [5, 5.41) is 3.06. The van der Waals surface area contributed by atoms with Crippen molar-refractivity contribution >= 4 is 15.9 Å². The number of ether oxygens (including phenoxy) is 1. The number of para-hydroxylation sites is 1. The van der Waals surface area contributed by atoms with Crippen molar-refractivity contribution in [2.45, 2.75) is 50.2 Å². The van der Waals surface area contributed by atoms with Crippen LogP contribution in [0.15, 0.2) is 24.3 Å². The van der Waals surface area contributed by atoms with E-state index in [1.165, 1.54) is 0 Å². The third-order valence-corrected chi connectivity index (χ3v) is 5.49. The lowest BCUT2D eigenvalue weighted by Crippen LogP contribution is -2.43. The highest BCUT2D eigenvalue weighted by Gasteiger charge is 2.43. The molecular formula is C17H24N2O4S. The van der Waals surface area contributed by atoms with Crippen molar-refractivity contribution in [1.29, 1.82) is 0 Å². The summed E-state index contributed by atoms with van der Waals surface area (Å²) in [6.07, 6.45) is 6.33. The number of hydrogen-bond donors (Lipinski definition) is 2. The molecular weight excluding hydrogens is 328 g/mol. The summed E-state index contributed by atoms with van der Waals surface area (Å²) >= 11 is 0. The molecule has 1 heterocycles. The second-order valence-electron chi connectivity index (χ2n) is 6.77. The van der Waals surface area contributed by atoms with Gasteiger partial charge in [0, 0.05) is 24.9 Å². The van der Waals surface area contributed by atoms with Gasteiger partial charge in [-0.2, -0.15) is 0 Å². The first-order valence-corrected chi connectivity index (χ1v) is 10.3. The third-order valence-electron chi connectivity index (χ3n) is 4.76. The van der Waals surface area contributed by atoms with E-state index in [1.807, 2.05) is 24.3 Å². The second kappa shape index (κ2) is 6.72. The van der Waals surface area contributed by atoms with Crippen molar-refractivity contribution in [3.05, 3.63) is 29.8 Å². The van der Waals surface area contributed by atoms with Gasteiger partial charge in [0.25, 0.3) is 0 Å². The van der Waals surface area contributed by atoms with Crippen LogP contribution in [0.1, 0.15) is 50.1 Å². The van der Waals surface area contributed by atoms with Crippen LogP contribution in [0.4, 0.5) is 0 Å². The van der Waals surface area contributed by atoms with Gasteiger partial charge in [0.2, 0.25) is 15.9 Å². The van der Waals surface area contributed by atoms with Gasteiger partial charge in [-0.3, -0.25) is 4.79 Å². The third kappa shape index (κ3) is 4.08. The smallest absolute Gasteiger partial charge is 0.221 e. The van der Waals surface area contributed by atoms with E-state index in [9.17, 15) is 13.2 Å². The van der Waals surface area contributed by atoms with Gasteiger partial charge in [0.15, 0.2) is 0 Å². The van der Waals surface area contributed by atoms with Crippen LogP contribution in [0.3, 0.4) is 0 Å². The number of nitrogens with one attached hydrogen (secondary N) is 2. The van der Waals surface area contributed by atoms with Gasteiger partial charge >= 0.3 is 0 Å². The molecule has 2 N–H and O–H groups in total. The minimum Gasteiger partial charge on any atom is -0.487 e. The van der Waals surface area contributed by atoms with Crippen LogP contribution in [-0.2, 0) is 14.8 Å². The highest BCUT2D eigenvalue weighted by Crippen LogP contribution is 2.46. The Morgan fingerprint density at radius 3 is 2.71 bits per heavy atom.